The van der Waals surface area contributed by atoms with Crippen molar-refractivity contribution in [2.24, 2.45) is 0 Å². The fourth-order valence-corrected chi connectivity index (χ4v) is 1.70. The van der Waals surface area contributed by atoms with Crippen molar-refractivity contribution in [3.8, 4) is 5.75 Å². The average molecular weight is 238 g/mol. The molecule has 0 saturated heterocycles. The van der Waals surface area contributed by atoms with Gasteiger partial charge in [0.25, 0.3) is 5.79 Å². The molecule has 1 aromatic carbocycles. The first-order chi connectivity index (χ1) is 8.06. The lowest BCUT2D eigenvalue weighted by atomic mass is 10.0. The number of ketones is 1. The fourth-order valence-electron chi connectivity index (χ4n) is 1.70. The second-order valence-corrected chi connectivity index (χ2v) is 3.59. The molecule has 0 aromatic heterocycles. The van der Waals surface area contributed by atoms with E-state index in [0.29, 0.717) is 18.8 Å². The molecule has 0 saturated carbocycles. The topological polar surface area (TPSA) is 55.8 Å². The Morgan fingerprint density at radius 2 is 1.65 bits per heavy atom. The molecule has 1 aromatic rings. The van der Waals surface area contributed by atoms with Gasteiger partial charge in [0.1, 0.15) is 5.75 Å². The van der Waals surface area contributed by atoms with Crippen LogP contribution in [-0.4, -0.2) is 24.1 Å². The molecule has 94 valence electrons. The van der Waals surface area contributed by atoms with Gasteiger partial charge < -0.3 is 14.6 Å². The highest BCUT2D eigenvalue weighted by Gasteiger charge is 2.39. The third kappa shape index (κ3) is 2.84. The summed E-state index contributed by atoms with van der Waals surface area (Å²) < 4.78 is 11.0. The zero-order valence-electron chi connectivity index (χ0n) is 10.4. The van der Waals surface area contributed by atoms with Crippen LogP contribution in [0.2, 0.25) is 0 Å². The third-order valence-electron chi connectivity index (χ3n) is 2.41. The Bertz CT molecular complexity index is 364. The number of phenolic OH excluding ortho intramolecular Hbond substituents is 1. The van der Waals surface area contributed by atoms with Gasteiger partial charge in [-0.25, -0.2) is 0 Å². The number of carbonyl (C=O) groups is 1. The Kier molecular flexibility index (Phi) is 4.66. The van der Waals surface area contributed by atoms with Gasteiger partial charge >= 0.3 is 0 Å². The molecule has 0 aliphatic carbocycles. The second kappa shape index (κ2) is 5.80. The monoisotopic (exact) mass is 238 g/mol. The zero-order valence-corrected chi connectivity index (χ0v) is 10.4. The Labute approximate surface area is 101 Å². The molecule has 1 rings (SSSR count). The minimum absolute atomic E-state index is 0.138. The molecular formula is C13H18O4. The molecule has 0 fully saturated rings. The molecular weight excluding hydrogens is 220 g/mol. The normalized spacial score (nSPS) is 11.5. The first-order valence-corrected chi connectivity index (χ1v) is 5.65. The van der Waals surface area contributed by atoms with Crippen molar-refractivity contribution in [2.45, 2.75) is 26.6 Å². The molecule has 0 unspecified atom stereocenters. The lowest BCUT2D eigenvalue weighted by Crippen LogP contribution is -2.40. The predicted octanol–water partition coefficient (Wildman–Crippen LogP) is 2.21. The van der Waals surface area contributed by atoms with Crippen molar-refractivity contribution in [1.29, 1.82) is 0 Å². The van der Waals surface area contributed by atoms with Crippen LogP contribution in [-0.2, 0) is 20.1 Å². The van der Waals surface area contributed by atoms with E-state index in [0.717, 1.165) is 0 Å². The van der Waals surface area contributed by atoms with E-state index in [-0.39, 0.29) is 11.5 Å². The van der Waals surface area contributed by atoms with Crippen LogP contribution in [0.5, 0.6) is 5.75 Å². The Morgan fingerprint density at radius 1 is 1.18 bits per heavy atom. The Hall–Kier alpha value is -1.39. The van der Waals surface area contributed by atoms with E-state index < -0.39 is 5.79 Å². The molecule has 0 amide bonds. The quantitative estimate of drug-likeness (QED) is 0.772. The minimum atomic E-state index is -1.36. The van der Waals surface area contributed by atoms with Crippen LogP contribution in [0.25, 0.3) is 0 Å². The predicted molar refractivity (Wildman–Crippen MR) is 63.7 cm³/mol. The van der Waals surface area contributed by atoms with Crippen LogP contribution >= 0.6 is 0 Å². The molecule has 4 nitrogen and oxygen atoms in total. The Balaban J connectivity index is 3.19. The van der Waals surface area contributed by atoms with Crippen molar-refractivity contribution >= 4 is 5.78 Å². The first kappa shape index (κ1) is 13.7. The summed E-state index contributed by atoms with van der Waals surface area (Å²) in [5, 5.41) is 9.25. The number of Topliss-reactive ketones (excluding diaryl/α,β-unsaturated/α-hetero) is 1. The van der Waals surface area contributed by atoms with Crippen molar-refractivity contribution in [3.63, 3.8) is 0 Å². The molecule has 0 aliphatic heterocycles. The summed E-state index contributed by atoms with van der Waals surface area (Å²) in [6.07, 6.45) is 0. The zero-order chi connectivity index (χ0) is 12.9. The van der Waals surface area contributed by atoms with E-state index in [2.05, 4.69) is 0 Å². The maximum absolute atomic E-state index is 11.8. The van der Waals surface area contributed by atoms with Gasteiger partial charge in [-0.15, -0.1) is 0 Å². The smallest absolute Gasteiger partial charge is 0.256 e. The van der Waals surface area contributed by atoms with Crippen LogP contribution in [0.15, 0.2) is 24.3 Å². The molecule has 0 radical (unpaired) electrons. The average Bonchev–Trinajstić information content (AvgIpc) is 2.29. The molecule has 1 N–H and O–H groups in total. The van der Waals surface area contributed by atoms with Crippen LogP contribution < -0.4 is 0 Å². The van der Waals surface area contributed by atoms with E-state index in [9.17, 15) is 9.90 Å². The molecule has 0 aliphatic rings. The summed E-state index contributed by atoms with van der Waals surface area (Å²) in [7, 11) is 0. The third-order valence-corrected chi connectivity index (χ3v) is 2.41. The van der Waals surface area contributed by atoms with E-state index in [1.165, 1.54) is 19.1 Å². The van der Waals surface area contributed by atoms with Crippen molar-refractivity contribution < 1.29 is 19.4 Å². The maximum atomic E-state index is 11.8. The number of phenols is 1. The Morgan fingerprint density at radius 3 is 2.00 bits per heavy atom. The molecule has 0 heterocycles. The van der Waals surface area contributed by atoms with Crippen LogP contribution in [0.3, 0.4) is 0 Å². The molecule has 0 bridgehead atoms. The number of carbonyl (C=O) groups excluding carboxylic acids is 1. The van der Waals surface area contributed by atoms with Crippen molar-refractivity contribution in [1.82, 2.24) is 0 Å². The van der Waals surface area contributed by atoms with E-state index in [1.807, 2.05) is 0 Å². The van der Waals surface area contributed by atoms with E-state index >= 15 is 0 Å². The second-order valence-electron chi connectivity index (χ2n) is 3.59. The lowest BCUT2D eigenvalue weighted by molar-refractivity contribution is -0.231. The van der Waals surface area contributed by atoms with Gasteiger partial charge in [0.2, 0.25) is 0 Å². The number of ether oxygens (including phenoxy) is 2. The highest BCUT2D eigenvalue weighted by atomic mass is 16.7. The van der Waals surface area contributed by atoms with Gasteiger partial charge in [-0.2, -0.15) is 0 Å². The van der Waals surface area contributed by atoms with Gasteiger partial charge in [0.05, 0.1) is 0 Å². The number of rotatable bonds is 6. The van der Waals surface area contributed by atoms with Crippen LogP contribution in [0.4, 0.5) is 0 Å². The van der Waals surface area contributed by atoms with Gasteiger partial charge in [-0.1, -0.05) is 0 Å². The summed E-state index contributed by atoms with van der Waals surface area (Å²) in [5.74, 6) is -1.44. The molecule has 17 heavy (non-hydrogen) atoms. The summed E-state index contributed by atoms with van der Waals surface area (Å²) in [5.41, 5.74) is 0.589. The largest absolute Gasteiger partial charge is 0.508 e. The SMILES string of the molecule is CCOC(OCC)(C(C)=O)c1ccc(O)cc1. The highest BCUT2D eigenvalue weighted by molar-refractivity contribution is 5.84. The number of benzene rings is 1. The van der Waals surface area contributed by atoms with Gasteiger partial charge in [0.15, 0.2) is 5.78 Å². The van der Waals surface area contributed by atoms with Gasteiger partial charge in [-0.05, 0) is 38.1 Å². The fraction of sp³-hybridized carbons (Fsp3) is 0.462. The molecule has 0 atom stereocenters. The molecule has 4 heteroatoms. The standard InChI is InChI=1S/C13H18O4/c1-4-16-13(10(3)14,17-5-2)11-6-8-12(15)9-7-11/h6-9,15H,4-5H2,1-3H3. The van der Waals surface area contributed by atoms with Gasteiger partial charge in [-0.3, -0.25) is 4.79 Å². The maximum Gasteiger partial charge on any atom is 0.256 e. The number of hydrogen-bond donors (Lipinski definition) is 1. The number of hydrogen-bond acceptors (Lipinski definition) is 4. The van der Waals surface area contributed by atoms with Crippen LogP contribution in [0.1, 0.15) is 26.3 Å². The lowest BCUT2D eigenvalue weighted by Gasteiger charge is -2.30. The summed E-state index contributed by atoms with van der Waals surface area (Å²) >= 11 is 0. The van der Waals surface area contributed by atoms with Crippen LogP contribution in [0, 0.1) is 0 Å². The molecule has 0 spiro atoms. The van der Waals surface area contributed by atoms with Gasteiger partial charge in [0, 0.05) is 25.7 Å². The highest BCUT2D eigenvalue weighted by Crippen LogP contribution is 2.29. The minimum Gasteiger partial charge on any atom is -0.508 e. The van der Waals surface area contributed by atoms with Crippen molar-refractivity contribution in [2.75, 3.05) is 13.2 Å². The van der Waals surface area contributed by atoms with E-state index in [1.54, 1.807) is 26.0 Å². The first-order valence-electron chi connectivity index (χ1n) is 5.65. The summed E-state index contributed by atoms with van der Waals surface area (Å²) in [6, 6.07) is 6.26. The number of aromatic hydroxyl groups is 1. The summed E-state index contributed by atoms with van der Waals surface area (Å²) in [4.78, 5) is 11.8. The van der Waals surface area contributed by atoms with E-state index in [4.69, 9.17) is 9.47 Å². The van der Waals surface area contributed by atoms with Crippen molar-refractivity contribution in [3.05, 3.63) is 29.8 Å². The summed E-state index contributed by atoms with van der Waals surface area (Å²) in [6.45, 7) is 5.76.